The molecule has 0 aromatic carbocycles. The van der Waals surface area contributed by atoms with E-state index in [1.54, 1.807) is 6.92 Å². The lowest BCUT2D eigenvalue weighted by Crippen LogP contribution is -2.62. The van der Waals surface area contributed by atoms with Crippen LogP contribution in [0.5, 0.6) is 0 Å². The Morgan fingerprint density at radius 2 is 1.69 bits per heavy atom. The van der Waals surface area contributed by atoms with Crippen molar-refractivity contribution in [2.24, 2.45) is 11.0 Å². The van der Waals surface area contributed by atoms with E-state index in [2.05, 4.69) is 15.3 Å². The van der Waals surface area contributed by atoms with Crippen molar-refractivity contribution in [2.75, 3.05) is 46.2 Å². The van der Waals surface area contributed by atoms with Gasteiger partial charge in [0.2, 0.25) is 5.91 Å². The van der Waals surface area contributed by atoms with Crippen molar-refractivity contribution in [1.82, 2.24) is 5.32 Å². The second kappa shape index (κ2) is 15.4. The van der Waals surface area contributed by atoms with Crippen LogP contribution in [-0.2, 0) is 42.8 Å². The molecule has 1 amide bonds. The van der Waals surface area contributed by atoms with E-state index in [4.69, 9.17) is 34.0 Å². The van der Waals surface area contributed by atoms with Gasteiger partial charge in [0.25, 0.3) is 0 Å². The van der Waals surface area contributed by atoms with Crippen molar-refractivity contribution in [3.05, 3.63) is 10.4 Å². The molecule has 5 atom stereocenters. The van der Waals surface area contributed by atoms with Gasteiger partial charge in [0, 0.05) is 38.1 Å². The van der Waals surface area contributed by atoms with Gasteiger partial charge in [0.05, 0.1) is 39.1 Å². The number of azide groups is 1. The summed E-state index contributed by atoms with van der Waals surface area (Å²) < 4.78 is 32.8. The number of nitrogens with zero attached hydrogens (tertiary/aromatic N) is 3. The van der Waals surface area contributed by atoms with Crippen molar-refractivity contribution in [3.63, 3.8) is 0 Å². The monoisotopic (exact) mass is 460 g/mol. The Balaban J connectivity index is 2.62. The standard InChI is InChI=1S/C19H32N4O9/c1-12-17(22-13(2)24)19(29-10-9-28-8-7-27-6-5-21-23-20)32-16(11-30-14(3)25)18(12)31-15(4)26/h12,16-19H,5-11H2,1-4H3,(H,22,24). The van der Waals surface area contributed by atoms with Crippen LogP contribution in [0.1, 0.15) is 27.7 Å². The van der Waals surface area contributed by atoms with Crippen LogP contribution in [0.2, 0.25) is 0 Å². The summed E-state index contributed by atoms with van der Waals surface area (Å²) in [7, 11) is 0. The summed E-state index contributed by atoms with van der Waals surface area (Å²) in [5.74, 6) is -1.70. The lowest BCUT2D eigenvalue weighted by molar-refractivity contribution is -0.264. The summed E-state index contributed by atoms with van der Waals surface area (Å²) >= 11 is 0. The third kappa shape index (κ3) is 10.7. The molecule has 0 bridgehead atoms. The maximum Gasteiger partial charge on any atom is 0.303 e. The summed E-state index contributed by atoms with van der Waals surface area (Å²) in [6, 6.07) is -0.602. The molecular formula is C19H32N4O9. The molecule has 0 aromatic rings. The van der Waals surface area contributed by atoms with E-state index in [1.807, 2.05) is 0 Å². The number of esters is 2. The summed E-state index contributed by atoms with van der Waals surface area (Å²) in [5.41, 5.74) is 8.17. The van der Waals surface area contributed by atoms with Gasteiger partial charge in [-0.3, -0.25) is 14.4 Å². The van der Waals surface area contributed by atoms with E-state index in [-0.39, 0.29) is 38.2 Å². The average Bonchev–Trinajstić information content (AvgIpc) is 2.72. The number of nitrogens with one attached hydrogen (secondary N) is 1. The van der Waals surface area contributed by atoms with E-state index in [0.717, 1.165) is 0 Å². The highest BCUT2D eigenvalue weighted by Crippen LogP contribution is 2.29. The Kier molecular flexibility index (Phi) is 13.3. The fourth-order valence-electron chi connectivity index (χ4n) is 3.11. The van der Waals surface area contributed by atoms with Gasteiger partial charge >= 0.3 is 11.9 Å². The summed E-state index contributed by atoms with van der Waals surface area (Å²) in [4.78, 5) is 37.1. The fraction of sp³-hybridized carbons (Fsp3) is 0.842. The number of hydrogen-bond acceptors (Lipinski definition) is 10. The van der Waals surface area contributed by atoms with E-state index in [1.165, 1.54) is 20.8 Å². The zero-order valence-corrected chi connectivity index (χ0v) is 18.9. The molecule has 1 aliphatic rings. The highest BCUT2D eigenvalue weighted by molar-refractivity contribution is 5.73. The fourth-order valence-corrected chi connectivity index (χ4v) is 3.11. The van der Waals surface area contributed by atoms with Crippen LogP contribution in [0.25, 0.3) is 10.4 Å². The molecule has 32 heavy (non-hydrogen) atoms. The van der Waals surface area contributed by atoms with Crippen LogP contribution in [0.3, 0.4) is 0 Å². The molecule has 182 valence electrons. The largest absolute Gasteiger partial charge is 0.463 e. The molecule has 1 saturated heterocycles. The smallest absolute Gasteiger partial charge is 0.303 e. The molecule has 0 saturated carbocycles. The second-order valence-electron chi connectivity index (χ2n) is 7.05. The third-order valence-electron chi connectivity index (χ3n) is 4.46. The first kappa shape index (κ1) is 27.6. The normalized spacial score (nSPS) is 24.8. The molecule has 5 unspecified atom stereocenters. The molecule has 13 heteroatoms. The topological polar surface area (TPSA) is 167 Å². The van der Waals surface area contributed by atoms with Crippen molar-refractivity contribution < 1.29 is 42.8 Å². The number of amides is 1. The molecule has 1 fully saturated rings. The zero-order valence-electron chi connectivity index (χ0n) is 18.9. The van der Waals surface area contributed by atoms with Crippen LogP contribution in [-0.4, -0.2) is 88.6 Å². The second-order valence-corrected chi connectivity index (χ2v) is 7.05. The van der Waals surface area contributed by atoms with Crippen LogP contribution < -0.4 is 5.32 Å². The van der Waals surface area contributed by atoms with Gasteiger partial charge in [0.1, 0.15) is 18.8 Å². The quantitative estimate of drug-likeness (QED) is 0.129. The van der Waals surface area contributed by atoms with Gasteiger partial charge in [-0.1, -0.05) is 12.0 Å². The number of carbonyl (C=O) groups is 3. The van der Waals surface area contributed by atoms with Crippen LogP contribution in [0.15, 0.2) is 5.11 Å². The van der Waals surface area contributed by atoms with Crippen LogP contribution >= 0.6 is 0 Å². The van der Waals surface area contributed by atoms with Gasteiger partial charge in [-0.25, -0.2) is 0 Å². The maximum atomic E-state index is 11.7. The molecule has 0 aliphatic carbocycles. The zero-order chi connectivity index (χ0) is 23.9. The Bertz CT molecular complexity index is 655. The maximum absolute atomic E-state index is 11.7. The van der Waals surface area contributed by atoms with Gasteiger partial charge in [-0.05, 0) is 5.53 Å². The number of ether oxygens (including phenoxy) is 6. The van der Waals surface area contributed by atoms with Gasteiger partial charge in [0.15, 0.2) is 6.29 Å². The van der Waals surface area contributed by atoms with Gasteiger partial charge in [-0.15, -0.1) is 0 Å². The molecule has 0 spiro atoms. The summed E-state index contributed by atoms with van der Waals surface area (Å²) in [5, 5.41) is 6.12. The molecule has 1 heterocycles. The number of carbonyl (C=O) groups excluding carboxylic acids is 3. The molecule has 0 aromatic heterocycles. The first-order chi connectivity index (χ1) is 15.3. The minimum absolute atomic E-state index is 0.131. The highest BCUT2D eigenvalue weighted by atomic mass is 16.7. The summed E-state index contributed by atoms with van der Waals surface area (Å²) in [6.45, 7) is 7.16. The molecule has 1 rings (SSSR count). The van der Waals surface area contributed by atoms with E-state index in [0.29, 0.717) is 19.8 Å². The molecule has 0 radical (unpaired) electrons. The van der Waals surface area contributed by atoms with Crippen molar-refractivity contribution in [1.29, 1.82) is 0 Å². The van der Waals surface area contributed by atoms with Crippen molar-refractivity contribution >= 4 is 17.8 Å². The highest BCUT2D eigenvalue weighted by Gasteiger charge is 2.46. The minimum Gasteiger partial charge on any atom is -0.463 e. The lowest BCUT2D eigenvalue weighted by Gasteiger charge is -2.44. The van der Waals surface area contributed by atoms with Gasteiger partial charge in [-0.2, -0.15) is 0 Å². The summed E-state index contributed by atoms with van der Waals surface area (Å²) in [6.07, 6.45) is -2.38. The lowest BCUT2D eigenvalue weighted by atomic mass is 9.88. The molecule has 1 N–H and O–H groups in total. The third-order valence-corrected chi connectivity index (χ3v) is 4.46. The van der Waals surface area contributed by atoms with E-state index < -0.39 is 36.5 Å². The van der Waals surface area contributed by atoms with Crippen molar-refractivity contribution in [2.45, 2.75) is 52.2 Å². The Labute approximate surface area is 186 Å². The number of hydrogen-bond donors (Lipinski definition) is 1. The van der Waals surface area contributed by atoms with Gasteiger partial charge < -0.3 is 33.7 Å². The van der Waals surface area contributed by atoms with E-state index >= 15 is 0 Å². The van der Waals surface area contributed by atoms with E-state index in [9.17, 15) is 14.4 Å². The van der Waals surface area contributed by atoms with Crippen LogP contribution in [0.4, 0.5) is 0 Å². The average molecular weight is 460 g/mol. The Morgan fingerprint density at radius 1 is 1.03 bits per heavy atom. The SMILES string of the molecule is CC(=O)NC1C(OCCOCCOCCN=[N+]=[N-])OC(COC(C)=O)C(OC(C)=O)C1C. The molecule has 13 nitrogen and oxygen atoms in total. The molecular weight excluding hydrogens is 428 g/mol. The number of rotatable bonds is 14. The predicted molar refractivity (Wildman–Crippen MR) is 109 cm³/mol. The minimum atomic E-state index is -0.870. The first-order valence-corrected chi connectivity index (χ1v) is 10.3. The van der Waals surface area contributed by atoms with Crippen LogP contribution in [0, 0.1) is 5.92 Å². The molecule has 1 aliphatic heterocycles. The first-order valence-electron chi connectivity index (χ1n) is 10.3. The Hall–Kier alpha value is -2.44. The predicted octanol–water partition coefficient (Wildman–Crippen LogP) is 0.707. The van der Waals surface area contributed by atoms with Crippen molar-refractivity contribution in [3.8, 4) is 0 Å². The Morgan fingerprint density at radius 3 is 2.28 bits per heavy atom.